The van der Waals surface area contributed by atoms with Gasteiger partial charge >= 0.3 is 47.8 Å². The molecule has 0 bridgehead atoms. The van der Waals surface area contributed by atoms with Gasteiger partial charge in [-0.05, 0) is 230 Å². The second-order valence-electron chi connectivity index (χ2n) is 35.1. The number of esters is 3. The van der Waals surface area contributed by atoms with E-state index in [1.165, 1.54) is 63.0 Å². The fourth-order valence-corrected chi connectivity index (χ4v) is 13.4. The Morgan fingerprint density at radius 3 is 1.03 bits per heavy atom. The van der Waals surface area contributed by atoms with E-state index in [2.05, 4.69) is 93.4 Å². The number of aromatic nitrogens is 2. The first-order chi connectivity index (χ1) is 65.4. The number of carboxylic acid groups (broad SMARTS) is 5. The van der Waals surface area contributed by atoms with E-state index in [0.29, 0.717) is 97.5 Å². The van der Waals surface area contributed by atoms with Gasteiger partial charge in [-0.15, -0.1) is 0 Å². The van der Waals surface area contributed by atoms with Gasteiger partial charge in [0.15, 0.2) is 0 Å². The molecule has 28 nitrogen and oxygen atoms in total. The van der Waals surface area contributed by atoms with Crippen molar-refractivity contribution in [2.75, 3.05) is 27.1 Å². The molecule has 2 heterocycles. The van der Waals surface area contributed by atoms with Gasteiger partial charge in [-0.3, -0.25) is 19.4 Å². The number of amides is 3. The second kappa shape index (κ2) is 62.1. The smallest absolute Gasteiger partial charge is 0.354 e. The molecule has 0 aliphatic heterocycles. The number of methoxy groups -OCH3 is 3. The number of carbonyl (C=O) groups is 11. The van der Waals surface area contributed by atoms with Crippen LogP contribution in [0.3, 0.4) is 0 Å². The van der Waals surface area contributed by atoms with Gasteiger partial charge in [0.05, 0.1) is 65.2 Å². The van der Waals surface area contributed by atoms with Crippen molar-refractivity contribution in [1.82, 2.24) is 9.97 Å². The molecule has 15 N–H and O–H groups in total. The normalized spacial score (nSPS) is 10.4. The molecule has 2 aromatic heterocycles. The Hall–Kier alpha value is -14.8. The van der Waals surface area contributed by atoms with Gasteiger partial charge < -0.3 is 62.7 Å². The molecule has 29 heteroatoms. The Labute approximate surface area is 824 Å². The molecule has 0 radical (unpaired) electrons. The van der Waals surface area contributed by atoms with Gasteiger partial charge in [-0.2, -0.15) is 0 Å². The summed E-state index contributed by atoms with van der Waals surface area (Å²) in [5.41, 5.74) is 36.2. The number of pyridine rings is 2. The van der Waals surface area contributed by atoms with Gasteiger partial charge in [0.2, 0.25) is 27.7 Å². The molecule has 0 unspecified atom stereocenters. The van der Waals surface area contributed by atoms with Crippen LogP contribution in [0.2, 0.25) is 0 Å². The number of sulfonamides is 1. The highest BCUT2D eigenvalue weighted by Crippen LogP contribution is 2.28. The lowest BCUT2D eigenvalue weighted by Crippen LogP contribution is -2.14. The van der Waals surface area contributed by atoms with Crippen molar-refractivity contribution in [3.8, 4) is 0 Å². The van der Waals surface area contributed by atoms with Gasteiger partial charge in [-0.25, -0.2) is 56.9 Å². The third-order valence-electron chi connectivity index (χ3n) is 20.8. The molecule has 0 saturated heterocycles. The summed E-state index contributed by atoms with van der Waals surface area (Å²) in [7, 11) is 0.605. The topological polar surface area (TPSA) is 507 Å². The number of nitrogen functional groups attached to an aromatic ring is 1. The molecule has 3 amide bonds. The second-order valence-corrected chi connectivity index (χ2v) is 36.6. The maximum atomic E-state index is 11.3. The first-order valence-corrected chi connectivity index (χ1v) is 46.9. The lowest BCUT2D eigenvalue weighted by atomic mass is 9.93. The standard InChI is InChI=1S/C11H12O4.3C11H14O2.C10H13NO2.3C10H13NO.C9H13NO2S.2C9H11NO2/c1-6(2)7-4-3-5-8(10(12)13)9(7)11(14)15;1-8(2)9-4-6-10(7-5-9)11(12)13-3;1-8(2)9-5-4-6-10(7-9)11(12)13-3;1-8(2)9-6-4-5-7-10(9)11(12)13-3;1-6(2)7-3-4-9(11)8(5-7)10(12)13;1-7(2)8-3-5-9(6-4-8)10(11)12;1-7(2)8-4-3-5-9(6-8)10(11)12;1-7(2)8-5-3-4-6-9(8)10(11)12;1-7(2)8-5-3-4-6-9(8)13(10,11)12;1-6(2)8-5-7(9(11)12)3-4-10-8;1-6(2)7-3-4-10-8(5-7)9(11)12/h3-6H,1-2H3,(H,12,13)(H,14,15);3*4-8H,1-3H3;3-6H,11H2,1-2H3,(H,12,13);3*3-7H,1-2H3,(H2,11,12);3-7H,1-2H3,(H2,10,11,12);2*3-6H,1-2H3,(H,11,12). The summed E-state index contributed by atoms with van der Waals surface area (Å²) in [4.78, 5) is 128. The van der Waals surface area contributed by atoms with Crippen LogP contribution in [-0.4, -0.2) is 131 Å². The van der Waals surface area contributed by atoms with Crippen LogP contribution in [0.5, 0.6) is 0 Å². The molecule has 140 heavy (non-hydrogen) atoms. The Morgan fingerprint density at radius 2 is 0.643 bits per heavy atom. The zero-order valence-electron chi connectivity index (χ0n) is 84.9. The van der Waals surface area contributed by atoms with E-state index in [1.54, 1.807) is 97.1 Å². The van der Waals surface area contributed by atoms with E-state index >= 15 is 0 Å². The molecule has 0 fully saturated rings. The molecule has 0 aliphatic rings. The lowest BCUT2D eigenvalue weighted by molar-refractivity contribution is 0.0590. The Kier molecular flexibility index (Phi) is 54.6. The number of nitrogens with zero attached hydrogens (tertiary/aromatic N) is 2. The van der Waals surface area contributed by atoms with Crippen LogP contribution < -0.4 is 28.1 Å². The van der Waals surface area contributed by atoms with Gasteiger partial charge in [-0.1, -0.05) is 274 Å². The summed E-state index contributed by atoms with van der Waals surface area (Å²) in [5.74, 6) is -3.55. The number of rotatable bonds is 23. The van der Waals surface area contributed by atoms with Crippen molar-refractivity contribution in [3.05, 3.63) is 366 Å². The van der Waals surface area contributed by atoms with E-state index in [4.69, 9.17) is 53.6 Å². The first-order valence-electron chi connectivity index (χ1n) is 45.4. The van der Waals surface area contributed by atoms with E-state index < -0.39 is 39.9 Å². The summed E-state index contributed by atoms with van der Waals surface area (Å²) in [6.45, 7) is 44.5. The highest BCUT2D eigenvalue weighted by atomic mass is 32.2. The number of primary amides is 3. The number of carbonyl (C=O) groups excluding carboxylic acids is 6. The number of nitrogens with two attached hydrogens (primary N) is 5. The van der Waals surface area contributed by atoms with Gasteiger partial charge in [0, 0.05) is 40.5 Å². The molecular weight excluding hydrogens is 1800 g/mol. The van der Waals surface area contributed by atoms with Crippen molar-refractivity contribution in [2.45, 2.75) is 222 Å². The minimum absolute atomic E-state index is 0.0181. The molecule has 0 spiro atoms. The number of primary sulfonamides is 1. The number of hydrogen-bond acceptors (Lipinski definition) is 19. The molecule has 0 atom stereocenters. The third kappa shape index (κ3) is 43.7. The maximum absolute atomic E-state index is 11.3. The monoisotopic (exact) mass is 1940 g/mol. The van der Waals surface area contributed by atoms with Crippen molar-refractivity contribution >= 4 is 81.2 Å². The zero-order chi connectivity index (χ0) is 107. The van der Waals surface area contributed by atoms with Gasteiger partial charge in [0.1, 0.15) is 5.69 Å². The van der Waals surface area contributed by atoms with Crippen LogP contribution in [0, 0.1) is 0 Å². The van der Waals surface area contributed by atoms with Crippen molar-refractivity contribution in [1.29, 1.82) is 0 Å². The fraction of sp³-hybridized carbons (Fsp3) is 0.324. The maximum Gasteiger partial charge on any atom is 0.354 e. The molecule has 9 aromatic carbocycles. The van der Waals surface area contributed by atoms with Crippen LogP contribution in [-0.2, 0) is 24.2 Å². The average molecular weight is 1940 g/mol. The number of anilines is 1. The van der Waals surface area contributed by atoms with Crippen molar-refractivity contribution in [2.24, 2.45) is 22.3 Å². The summed E-state index contributed by atoms with van der Waals surface area (Å²) in [5, 5.41) is 49.0. The number of aromatic carboxylic acids is 5. The molecule has 11 aromatic rings. The predicted molar refractivity (Wildman–Crippen MR) is 552 cm³/mol. The van der Waals surface area contributed by atoms with Crippen LogP contribution in [0.15, 0.2) is 248 Å². The predicted octanol–water partition coefficient (Wildman–Crippen LogP) is 23.1. The fourth-order valence-electron chi connectivity index (χ4n) is 12.5. The first kappa shape index (κ1) is 123. The van der Waals surface area contributed by atoms with E-state index in [0.717, 1.165) is 44.6 Å². The number of hydrogen-bond donors (Lipinski definition) is 10. The third-order valence-corrected chi connectivity index (χ3v) is 21.8. The van der Waals surface area contributed by atoms with Crippen molar-refractivity contribution < 1.29 is 101 Å². The summed E-state index contributed by atoms with van der Waals surface area (Å²) in [6.07, 6.45) is 3.05. The zero-order valence-corrected chi connectivity index (χ0v) is 85.7. The highest BCUT2D eigenvalue weighted by Gasteiger charge is 2.23. The SMILES string of the molecule is CC(C)c1cc(C(=O)O)ccn1.CC(C)c1ccc(C(N)=O)cc1.CC(C)c1ccc(N)c(C(=O)O)c1.CC(C)c1cccc(C(=O)O)c1C(=O)O.CC(C)c1cccc(C(N)=O)c1.CC(C)c1ccccc1C(N)=O.CC(C)c1ccccc1S(N)(=O)=O.CC(C)c1ccnc(C(=O)O)c1.COC(=O)c1ccc(C(C)C)cc1.COC(=O)c1cccc(C(C)C)c1.COC(=O)c1ccccc1C(C)C. The number of benzene rings is 9. The van der Waals surface area contributed by atoms with E-state index in [1.807, 2.05) is 198 Å². The Morgan fingerprint density at radius 1 is 0.279 bits per heavy atom. The molecule has 11 rings (SSSR count). The minimum Gasteiger partial charge on any atom is -0.478 e. The largest absolute Gasteiger partial charge is 0.478 e. The molecule has 752 valence electrons. The van der Waals surface area contributed by atoms with Crippen LogP contribution in [0.25, 0.3) is 0 Å². The van der Waals surface area contributed by atoms with Crippen molar-refractivity contribution in [3.63, 3.8) is 0 Å². The molecule has 0 aliphatic carbocycles. The lowest BCUT2D eigenvalue weighted by Gasteiger charge is -2.11. The molecular formula is C111H141N7O21S. The van der Waals surface area contributed by atoms with Crippen LogP contribution in [0.1, 0.15) is 393 Å². The highest BCUT2D eigenvalue weighted by molar-refractivity contribution is 7.89. The Balaban J connectivity index is 0.000000770. The van der Waals surface area contributed by atoms with Crippen LogP contribution >= 0.6 is 0 Å². The quantitative estimate of drug-likeness (QED) is 0.0161. The minimum atomic E-state index is -3.58. The number of ether oxygens (including phenoxy) is 3. The number of carboxylic acids is 5. The summed E-state index contributed by atoms with van der Waals surface area (Å²) < 4.78 is 36.2. The van der Waals surface area contributed by atoms with Crippen LogP contribution in [0.4, 0.5) is 5.69 Å². The summed E-state index contributed by atoms with van der Waals surface area (Å²) >= 11 is 0. The summed E-state index contributed by atoms with van der Waals surface area (Å²) in [6, 6.07) is 67.8. The molecule has 0 saturated carbocycles. The van der Waals surface area contributed by atoms with E-state index in [-0.39, 0.29) is 80.7 Å². The van der Waals surface area contributed by atoms with Gasteiger partial charge in [0.25, 0.3) is 0 Å². The Bertz CT molecular complexity index is 5840. The van der Waals surface area contributed by atoms with E-state index in [9.17, 15) is 61.2 Å². The average Bonchev–Trinajstić information content (AvgIpc) is 0.785.